The molecule has 0 heterocycles. The molecule has 0 aromatic carbocycles. The summed E-state index contributed by atoms with van der Waals surface area (Å²) in [6.45, 7) is 0.674. The van der Waals surface area contributed by atoms with E-state index in [1.54, 1.807) is 0 Å². The summed E-state index contributed by atoms with van der Waals surface area (Å²) < 4.78 is 35.2. The van der Waals surface area contributed by atoms with E-state index in [0.29, 0.717) is 25.0 Å². The molecule has 5 heteroatoms. The summed E-state index contributed by atoms with van der Waals surface area (Å²) >= 11 is 0. The van der Waals surface area contributed by atoms with Crippen molar-refractivity contribution in [2.75, 3.05) is 6.54 Å². The highest BCUT2D eigenvalue weighted by molar-refractivity contribution is 4.87. The molecular formula is C9H17F3N2. The molecule has 0 aromatic heterocycles. The highest BCUT2D eigenvalue weighted by Gasteiger charge is 2.27. The van der Waals surface area contributed by atoms with E-state index >= 15 is 0 Å². The monoisotopic (exact) mass is 210 g/mol. The molecule has 0 amide bonds. The fourth-order valence-electron chi connectivity index (χ4n) is 1.59. The van der Waals surface area contributed by atoms with Crippen LogP contribution in [0.5, 0.6) is 0 Å². The molecule has 0 unspecified atom stereocenters. The maximum atomic E-state index is 11.7. The van der Waals surface area contributed by atoms with E-state index in [1.807, 2.05) is 0 Å². The van der Waals surface area contributed by atoms with Gasteiger partial charge in [0.15, 0.2) is 0 Å². The van der Waals surface area contributed by atoms with Crippen LogP contribution in [0.3, 0.4) is 0 Å². The first-order valence-electron chi connectivity index (χ1n) is 5.03. The van der Waals surface area contributed by atoms with Gasteiger partial charge in [0, 0.05) is 18.5 Å². The highest BCUT2D eigenvalue weighted by atomic mass is 19.4. The van der Waals surface area contributed by atoms with Gasteiger partial charge in [-0.15, -0.1) is 0 Å². The van der Waals surface area contributed by atoms with Crippen molar-refractivity contribution >= 4 is 0 Å². The second-order valence-electron chi connectivity index (χ2n) is 3.95. The zero-order chi connectivity index (χ0) is 10.6. The maximum absolute atomic E-state index is 11.7. The summed E-state index contributed by atoms with van der Waals surface area (Å²) in [6, 6.07) is 0.735. The van der Waals surface area contributed by atoms with Crippen LogP contribution in [0.1, 0.15) is 32.1 Å². The van der Waals surface area contributed by atoms with Gasteiger partial charge in [0.25, 0.3) is 0 Å². The van der Waals surface area contributed by atoms with Crippen molar-refractivity contribution in [3.05, 3.63) is 0 Å². The highest BCUT2D eigenvalue weighted by Crippen LogP contribution is 2.22. The largest absolute Gasteiger partial charge is 0.389 e. The van der Waals surface area contributed by atoms with Crippen molar-refractivity contribution in [3.8, 4) is 0 Å². The third kappa shape index (κ3) is 4.81. The Bertz CT molecular complexity index is 164. The van der Waals surface area contributed by atoms with Crippen LogP contribution in [0.25, 0.3) is 0 Å². The number of alkyl halides is 3. The Hall–Kier alpha value is -0.290. The first-order chi connectivity index (χ1) is 6.47. The lowest BCUT2D eigenvalue weighted by molar-refractivity contribution is -0.135. The van der Waals surface area contributed by atoms with Gasteiger partial charge in [0.2, 0.25) is 0 Å². The topological polar surface area (TPSA) is 38.0 Å². The molecule has 1 rings (SSSR count). The number of nitrogens with one attached hydrogen (secondary N) is 1. The molecule has 0 radical (unpaired) electrons. The molecule has 1 aliphatic rings. The summed E-state index contributed by atoms with van der Waals surface area (Å²) in [6.07, 6.45) is -1.95. The second kappa shape index (κ2) is 4.98. The van der Waals surface area contributed by atoms with Crippen LogP contribution < -0.4 is 11.1 Å². The van der Waals surface area contributed by atoms with Crippen LogP contribution in [0.2, 0.25) is 0 Å². The SMILES string of the molecule is NC1CC(NCCCCC(F)(F)F)C1. The average molecular weight is 210 g/mol. The summed E-state index contributed by atoms with van der Waals surface area (Å²) in [5, 5.41) is 3.19. The predicted molar refractivity (Wildman–Crippen MR) is 48.9 cm³/mol. The van der Waals surface area contributed by atoms with Crippen LogP contribution in [0, 0.1) is 0 Å². The summed E-state index contributed by atoms with van der Waals surface area (Å²) in [5.41, 5.74) is 5.57. The van der Waals surface area contributed by atoms with Crippen LogP contribution in [-0.4, -0.2) is 24.8 Å². The Kier molecular flexibility index (Phi) is 4.19. The van der Waals surface area contributed by atoms with E-state index in [9.17, 15) is 13.2 Å². The Morgan fingerprint density at radius 1 is 1.21 bits per heavy atom. The maximum Gasteiger partial charge on any atom is 0.389 e. The number of unbranched alkanes of at least 4 members (excludes halogenated alkanes) is 1. The molecule has 0 bridgehead atoms. The van der Waals surface area contributed by atoms with Gasteiger partial charge in [-0.2, -0.15) is 13.2 Å². The first-order valence-corrected chi connectivity index (χ1v) is 5.03. The minimum Gasteiger partial charge on any atom is -0.328 e. The van der Waals surface area contributed by atoms with Gasteiger partial charge in [-0.3, -0.25) is 0 Å². The van der Waals surface area contributed by atoms with Gasteiger partial charge in [0.05, 0.1) is 0 Å². The van der Waals surface area contributed by atoms with Crippen molar-refractivity contribution < 1.29 is 13.2 Å². The van der Waals surface area contributed by atoms with E-state index < -0.39 is 12.6 Å². The van der Waals surface area contributed by atoms with E-state index in [4.69, 9.17) is 5.73 Å². The lowest BCUT2D eigenvalue weighted by atomic mass is 9.87. The average Bonchev–Trinajstić information content (AvgIpc) is 1.98. The third-order valence-electron chi connectivity index (χ3n) is 2.49. The van der Waals surface area contributed by atoms with Crippen LogP contribution in [0.15, 0.2) is 0 Å². The molecule has 0 saturated heterocycles. The number of hydrogen-bond donors (Lipinski definition) is 2. The molecule has 3 N–H and O–H groups in total. The quantitative estimate of drug-likeness (QED) is 0.679. The van der Waals surface area contributed by atoms with E-state index in [1.165, 1.54) is 0 Å². The Balaban J connectivity index is 1.85. The van der Waals surface area contributed by atoms with Crippen molar-refractivity contribution in [1.82, 2.24) is 5.32 Å². The van der Waals surface area contributed by atoms with Crippen LogP contribution in [0.4, 0.5) is 13.2 Å². The molecule has 0 spiro atoms. The predicted octanol–water partition coefficient (Wildman–Crippen LogP) is 1.80. The van der Waals surface area contributed by atoms with E-state index in [0.717, 1.165) is 12.8 Å². The first kappa shape index (κ1) is 11.8. The lowest BCUT2D eigenvalue weighted by Crippen LogP contribution is -2.48. The molecule has 1 saturated carbocycles. The molecule has 84 valence electrons. The van der Waals surface area contributed by atoms with Gasteiger partial charge in [0.1, 0.15) is 0 Å². The molecule has 0 aromatic rings. The van der Waals surface area contributed by atoms with Gasteiger partial charge in [-0.1, -0.05) is 0 Å². The standard InChI is InChI=1S/C9H17F3N2/c10-9(11,12)3-1-2-4-14-8-5-7(13)6-8/h7-8,14H,1-6,13H2. The Labute approximate surface area is 82.0 Å². The van der Waals surface area contributed by atoms with Crippen LogP contribution >= 0.6 is 0 Å². The molecule has 1 fully saturated rings. The molecule has 14 heavy (non-hydrogen) atoms. The molecular weight excluding hydrogens is 193 g/mol. The zero-order valence-corrected chi connectivity index (χ0v) is 8.11. The zero-order valence-electron chi connectivity index (χ0n) is 8.11. The second-order valence-corrected chi connectivity index (χ2v) is 3.95. The minimum atomic E-state index is -4.00. The smallest absolute Gasteiger partial charge is 0.328 e. The fraction of sp³-hybridized carbons (Fsp3) is 1.00. The minimum absolute atomic E-state index is 0.218. The van der Waals surface area contributed by atoms with Gasteiger partial charge < -0.3 is 11.1 Å². The number of nitrogens with two attached hydrogens (primary N) is 1. The summed E-state index contributed by atoms with van der Waals surface area (Å²) in [7, 11) is 0. The molecule has 0 aliphatic heterocycles. The fourth-order valence-corrected chi connectivity index (χ4v) is 1.59. The number of hydrogen-bond acceptors (Lipinski definition) is 2. The van der Waals surface area contributed by atoms with E-state index in [2.05, 4.69) is 5.32 Å². The van der Waals surface area contributed by atoms with Gasteiger partial charge >= 0.3 is 6.18 Å². The van der Waals surface area contributed by atoms with Gasteiger partial charge in [-0.25, -0.2) is 0 Å². The Morgan fingerprint density at radius 2 is 1.86 bits per heavy atom. The van der Waals surface area contributed by atoms with E-state index in [-0.39, 0.29) is 6.42 Å². The van der Waals surface area contributed by atoms with Gasteiger partial charge in [-0.05, 0) is 32.2 Å². The number of halogens is 3. The summed E-state index contributed by atoms with van der Waals surface area (Å²) in [5.74, 6) is 0. The van der Waals surface area contributed by atoms with Crippen molar-refractivity contribution in [2.24, 2.45) is 5.73 Å². The van der Waals surface area contributed by atoms with Crippen molar-refractivity contribution in [1.29, 1.82) is 0 Å². The Morgan fingerprint density at radius 3 is 2.36 bits per heavy atom. The lowest BCUT2D eigenvalue weighted by Gasteiger charge is -2.33. The van der Waals surface area contributed by atoms with Crippen molar-refractivity contribution in [2.45, 2.75) is 50.4 Å². The molecule has 2 nitrogen and oxygen atoms in total. The normalized spacial score (nSPS) is 27.4. The number of rotatable bonds is 5. The third-order valence-corrected chi connectivity index (χ3v) is 2.49. The molecule has 0 atom stereocenters. The summed E-state index contributed by atoms with van der Waals surface area (Å²) in [4.78, 5) is 0. The van der Waals surface area contributed by atoms with Crippen molar-refractivity contribution in [3.63, 3.8) is 0 Å². The molecule has 1 aliphatic carbocycles. The van der Waals surface area contributed by atoms with Crippen LogP contribution in [-0.2, 0) is 0 Å².